The smallest absolute Gasteiger partial charge is 0.264 e. The third-order valence-corrected chi connectivity index (χ3v) is 7.01. The van der Waals surface area contributed by atoms with Gasteiger partial charge in [0.05, 0.1) is 10.6 Å². The first-order valence-electron chi connectivity index (χ1n) is 9.71. The molecule has 1 saturated heterocycles. The van der Waals surface area contributed by atoms with Crippen LogP contribution in [0.1, 0.15) is 30.9 Å². The van der Waals surface area contributed by atoms with Gasteiger partial charge in [-0.2, -0.15) is 0 Å². The van der Waals surface area contributed by atoms with E-state index in [1.54, 1.807) is 41.3 Å². The van der Waals surface area contributed by atoms with E-state index in [2.05, 4.69) is 6.92 Å². The van der Waals surface area contributed by atoms with Gasteiger partial charge < -0.3 is 4.90 Å². The largest absolute Gasteiger partial charge is 0.341 e. The van der Waals surface area contributed by atoms with Gasteiger partial charge in [0, 0.05) is 13.1 Å². The van der Waals surface area contributed by atoms with Crippen LogP contribution >= 0.6 is 0 Å². The number of likely N-dealkylation sites (tertiary alicyclic amines) is 1. The summed E-state index contributed by atoms with van der Waals surface area (Å²) in [6.07, 6.45) is 2.06. The lowest BCUT2D eigenvalue weighted by Crippen LogP contribution is -2.46. The van der Waals surface area contributed by atoms with Gasteiger partial charge in [-0.1, -0.05) is 42.3 Å². The lowest BCUT2D eigenvalue weighted by atomic mass is 10.0. The molecular formula is C22H28N2O3S. The fourth-order valence-corrected chi connectivity index (χ4v) is 4.92. The van der Waals surface area contributed by atoms with Crippen molar-refractivity contribution < 1.29 is 13.2 Å². The van der Waals surface area contributed by atoms with Crippen LogP contribution in [0.3, 0.4) is 0 Å². The van der Waals surface area contributed by atoms with Gasteiger partial charge >= 0.3 is 0 Å². The normalized spacial score (nSPS) is 17.4. The van der Waals surface area contributed by atoms with Gasteiger partial charge in [0.1, 0.15) is 6.54 Å². The topological polar surface area (TPSA) is 57.7 Å². The minimum Gasteiger partial charge on any atom is -0.341 e. The summed E-state index contributed by atoms with van der Waals surface area (Å²) in [6.45, 7) is 7.17. The highest BCUT2D eigenvalue weighted by Gasteiger charge is 2.30. The van der Waals surface area contributed by atoms with E-state index >= 15 is 0 Å². The molecule has 28 heavy (non-hydrogen) atoms. The van der Waals surface area contributed by atoms with Crippen molar-refractivity contribution in [2.45, 2.75) is 38.5 Å². The van der Waals surface area contributed by atoms with E-state index in [-0.39, 0.29) is 17.3 Å². The molecular weight excluding hydrogens is 372 g/mol. The quantitative estimate of drug-likeness (QED) is 0.768. The summed E-state index contributed by atoms with van der Waals surface area (Å²) in [5.41, 5.74) is 2.52. The SMILES string of the molecule is Cc1ccc(N(CC(=O)N2CCCC(C)C2)S(=O)(=O)c2ccc(C)cc2)cc1. The lowest BCUT2D eigenvalue weighted by molar-refractivity contribution is -0.131. The van der Waals surface area contributed by atoms with E-state index in [1.807, 2.05) is 26.0 Å². The zero-order chi connectivity index (χ0) is 20.3. The van der Waals surface area contributed by atoms with E-state index in [4.69, 9.17) is 0 Å². The third kappa shape index (κ3) is 4.55. The second-order valence-corrected chi connectivity index (χ2v) is 9.61. The predicted octanol–water partition coefficient (Wildman–Crippen LogP) is 3.76. The monoisotopic (exact) mass is 400 g/mol. The summed E-state index contributed by atoms with van der Waals surface area (Å²) in [5, 5.41) is 0. The molecule has 2 aromatic rings. The Balaban J connectivity index is 1.94. The van der Waals surface area contributed by atoms with Gasteiger partial charge in [-0.25, -0.2) is 8.42 Å². The van der Waals surface area contributed by atoms with Gasteiger partial charge in [-0.3, -0.25) is 9.10 Å². The molecule has 3 rings (SSSR count). The molecule has 1 heterocycles. The number of hydrogen-bond donors (Lipinski definition) is 0. The van der Waals surface area contributed by atoms with Crippen molar-refractivity contribution in [1.29, 1.82) is 0 Å². The Morgan fingerprint density at radius 1 is 1.04 bits per heavy atom. The molecule has 5 nitrogen and oxygen atoms in total. The standard InChI is InChI=1S/C22H28N2O3S/c1-17-6-10-20(11-7-17)24(16-22(25)23-14-4-5-19(3)15-23)28(26,27)21-12-8-18(2)9-13-21/h6-13,19H,4-5,14-16H2,1-3H3. The maximum atomic E-state index is 13.4. The van der Waals surface area contributed by atoms with Crippen LogP contribution in [0, 0.1) is 19.8 Å². The Labute approximate surface area is 168 Å². The van der Waals surface area contributed by atoms with Crippen molar-refractivity contribution >= 4 is 21.6 Å². The summed E-state index contributed by atoms with van der Waals surface area (Å²) in [6, 6.07) is 14.0. The molecule has 1 unspecified atom stereocenters. The molecule has 0 aliphatic carbocycles. The Kier molecular flexibility index (Phi) is 6.08. The number of sulfonamides is 1. The van der Waals surface area contributed by atoms with Crippen LogP contribution in [-0.4, -0.2) is 38.9 Å². The zero-order valence-electron chi connectivity index (χ0n) is 16.8. The number of anilines is 1. The van der Waals surface area contributed by atoms with Crippen molar-refractivity contribution in [3.05, 3.63) is 59.7 Å². The van der Waals surface area contributed by atoms with Crippen molar-refractivity contribution in [2.75, 3.05) is 23.9 Å². The van der Waals surface area contributed by atoms with E-state index in [0.717, 1.165) is 24.0 Å². The van der Waals surface area contributed by atoms with Gasteiger partial charge in [0.25, 0.3) is 10.0 Å². The van der Waals surface area contributed by atoms with Crippen LogP contribution in [0.4, 0.5) is 5.69 Å². The molecule has 0 saturated carbocycles. The zero-order valence-corrected chi connectivity index (χ0v) is 17.6. The van der Waals surface area contributed by atoms with Crippen molar-refractivity contribution in [3.8, 4) is 0 Å². The third-order valence-electron chi connectivity index (χ3n) is 5.22. The predicted molar refractivity (Wildman–Crippen MR) is 112 cm³/mol. The van der Waals surface area contributed by atoms with E-state index < -0.39 is 10.0 Å². The Hall–Kier alpha value is -2.34. The summed E-state index contributed by atoms with van der Waals surface area (Å²) < 4.78 is 28.0. The maximum Gasteiger partial charge on any atom is 0.264 e. The second-order valence-electron chi connectivity index (χ2n) is 7.75. The van der Waals surface area contributed by atoms with Crippen LogP contribution in [0.15, 0.2) is 53.4 Å². The van der Waals surface area contributed by atoms with Crippen LogP contribution in [0.25, 0.3) is 0 Å². The molecule has 6 heteroatoms. The molecule has 1 atom stereocenters. The number of carbonyl (C=O) groups excluding carboxylic acids is 1. The minimum absolute atomic E-state index is 0.150. The number of rotatable bonds is 5. The molecule has 1 aliphatic rings. The molecule has 0 bridgehead atoms. The van der Waals surface area contributed by atoms with Gasteiger partial charge in [-0.15, -0.1) is 0 Å². The van der Waals surface area contributed by atoms with Crippen LogP contribution in [0.5, 0.6) is 0 Å². The molecule has 2 aromatic carbocycles. The van der Waals surface area contributed by atoms with Crippen molar-refractivity contribution in [1.82, 2.24) is 4.90 Å². The molecule has 1 fully saturated rings. The minimum atomic E-state index is -3.85. The first-order valence-corrected chi connectivity index (χ1v) is 11.2. The van der Waals surface area contributed by atoms with Crippen LogP contribution in [-0.2, 0) is 14.8 Å². The second kappa shape index (κ2) is 8.35. The highest BCUT2D eigenvalue weighted by molar-refractivity contribution is 7.92. The number of amides is 1. The van der Waals surface area contributed by atoms with Crippen molar-refractivity contribution in [2.24, 2.45) is 5.92 Å². The number of hydrogen-bond acceptors (Lipinski definition) is 3. The summed E-state index contributed by atoms with van der Waals surface area (Å²) in [5.74, 6) is 0.294. The summed E-state index contributed by atoms with van der Waals surface area (Å²) >= 11 is 0. The Morgan fingerprint density at radius 3 is 2.18 bits per heavy atom. The maximum absolute atomic E-state index is 13.4. The number of carbonyl (C=O) groups is 1. The molecule has 0 N–H and O–H groups in total. The number of benzene rings is 2. The molecule has 1 aliphatic heterocycles. The number of nitrogens with zero attached hydrogens (tertiary/aromatic N) is 2. The first-order chi connectivity index (χ1) is 13.3. The number of aryl methyl sites for hydroxylation is 2. The fourth-order valence-electron chi connectivity index (χ4n) is 3.50. The van der Waals surface area contributed by atoms with Crippen molar-refractivity contribution in [3.63, 3.8) is 0 Å². The molecule has 0 spiro atoms. The highest BCUT2D eigenvalue weighted by atomic mass is 32.2. The van der Waals surface area contributed by atoms with Gasteiger partial charge in [0.2, 0.25) is 5.91 Å². The average molecular weight is 401 g/mol. The molecule has 0 radical (unpaired) electrons. The fraction of sp³-hybridized carbons (Fsp3) is 0.409. The Bertz CT molecular complexity index is 921. The van der Waals surface area contributed by atoms with Gasteiger partial charge in [-0.05, 0) is 56.9 Å². The summed E-state index contributed by atoms with van der Waals surface area (Å²) in [7, 11) is -3.85. The molecule has 150 valence electrons. The van der Waals surface area contributed by atoms with E-state index in [1.165, 1.54) is 4.31 Å². The highest BCUT2D eigenvalue weighted by Crippen LogP contribution is 2.25. The average Bonchev–Trinajstić information content (AvgIpc) is 2.67. The number of piperidine rings is 1. The van der Waals surface area contributed by atoms with E-state index in [9.17, 15) is 13.2 Å². The van der Waals surface area contributed by atoms with Gasteiger partial charge in [0.15, 0.2) is 0 Å². The molecule has 0 aromatic heterocycles. The molecule has 1 amide bonds. The van der Waals surface area contributed by atoms with Crippen LogP contribution < -0.4 is 4.31 Å². The first kappa shape index (κ1) is 20.4. The lowest BCUT2D eigenvalue weighted by Gasteiger charge is -2.33. The summed E-state index contributed by atoms with van der Waals surface area (Å²) in [4.78, 5) is 14.9. The van der Waals surface area contributed by atoms with Crippen LogP contribution in [0.2, 0.25) is 0 Å². The Morgan fingerprint density at radius 2 is 1.61 bits per heavy atom. The van der Waals surface area contributed by atoms with E-state index in [0.29, 0.717) is 24.7 Å².